The zero-order valence-electron chi connectivity index (χ0n) is 13.9. The van der Waals surface area contributed by atoms with E-state index in [4.69, 9.17) is 0 Å². The Hall–Kier alpha value is -1.88. The van der Waals surface area contributed by atoms with E-state index in [-0.39, 0.29) is 17.7 Å². The fraction of sp³-hybridized carbons (Fsp3) is 0.556. The summed E-state index contributed by atoms with van der Waals surface area (Å²) in [5.74, 6) is 0.125. The average molecular weight is 317 g/mol. The highest BCUT2D eigenvalue weighted by Gasteiger charge is 2.28. The highest BCUT2D eigenvalue weighted by Crippen LogP contribution is 2.17. The van der Waals surface area contributed by atoms with Gasteiger partial charge in [-0.15, -0.1) is 0 Å². The molecule has 0 aliphatic carbocycles. The fourth-order valence-electron chi connectivity index (χ4n) is 2.92. The van der Waals surface area contributed by atoms with Gasteiger partial charge in [-0.3, -0.25) is 9.59 Å². The largest absolute Gasteiger partial charge is 0.356 e. The van der Waals surface area contributed by atoms with Crippen molar-refractivity contribution < 1.29 is 9.59 Å². The molecule has 0 radical (unpaired) electrons. The van der Waals surface area contributed by atoms with Crippen LogP contribution in [0.3, 0.4) is 0 Å². The smallest absolute Gasteiger partial charge is 0.227 e. The number of carbonyl (C=O) groups excluding carboxylic acids is 2. The SMILES string of the molecule is CNCCCNC(=O)C1CCCN(C(=O)Cc2ccccc2)C1. The maximum atomic E-state index is 12.4. The van der Waals surface area contributed by atoms with E-state index in [1.54, 1.807) is 0 Å². The minimum atomic E-state index is -0.0712. The Balaban J connectivity index is 1.80. The first-order valence-electron chi connectivity index (χ1n) is 8.44. The van der Waals surface area contributed by atoms with Crippen molar-refractivity contribution in [2.75, 3.05) is 33.2 Å². The second-order valence-electron chi connectivity index (χ2n) is 6.09. The average Bonchev–Trinajstić information content (AvgIpc) is 2.59. The molecule has 2 rings (SSSR count). The molecule has 5 heteroatoms. The van der Waals surface area contributed by atoms with Gasteiger partial charge in [0.25, 0.3) is 0 Å². The van der Waals surface area contributed by atoms with Crippen LogP contribution in [0.15, 0.2) is 30.3 Å². The molecule has 0 saturated carbocycles. The van der Waals surface area contributed by atoms with Crippen LogP contribution in [-0.4, -0.2) is 49.9 Å². The van der Waals surface area contributed by atoms with Gasteiger partial charge in [0.1, 0.15) is 0 Å². The molecule has 1 unspecified atom stereocenters. The van der Waals surface area contributed by atoms with Crippen molar-refractivity contribution in [1.82, 2.24) is 15.5 Å². The van der Waals surface area contributed by atoms with Gasteiger partial charge in [-0.1, -0.05) is 30.3 Å². The quantitative estimate of drug-likeness (QED) is 0.743. The van der Waals surface area contributed by atoms with Gasteiger partial charge in [-0.2, -0.15) is 0 Å². The van der Waals surface area contributed by atoms with Gasteiger partial charge in [0.2, 0.25) is 11.8 Å². The fourth-order valence-corrected chi connectivity index (χ4v) is 2.92. The predicted octanol–water partition coefficient (Wildman–Crippen LogP) is 1.19. The van der Waals surface area contributed by atoms with Crippen LogP contribution < -0.4 is 10.6 Å². The maximum absolute atomic E-state index is 12.4. The normalized spacial score (nSPS) is 17.8. The summed E-state index contributed by atoms with van der Waals surface area (Å²) in [7, 11) is 1.90. The number of carbonyl (C=O) groups is 2. The number of nitrogens with zero attached hydrogens (tertiary/aromatic N) is 1. The molecule has 1 aliphatic heterocycles. The third-order valence-electron chi connectivity index (χ3n) is 4.25. The first-order chi connectivity index (χ1) is 11.2. The van der Waals surface area contributed by atoms with E-state index in [1.165, 1.54) is 0 Å². The molecule has 1 aliphatic rings. The minimum absolute atomic E-state index is 0.0712. The highest BCUT2D eigenvalue weighted by atomic mass is 16.2. The monoisotopic (exact) mass is 317 g/mol. The van der Waals surface area contributed by atoms with Gasteiger partial charge >= 0.3 is 0 Å². The molecule has 0 spiro atoms. The third-order valence-corrected chi connectivity index (χ3v) is 4.25. The minimum Gasteiger partial charge on any atom is -0.356 e. The number of amides is 2. The van der Waals surface area contributed by atoms with Crippen molar-refractivity contribution in [3.05, 3.63) is 35.9 Å². The Kier molecular flexibility index (Phi) is 7.07. The van der Waals surface area contributed by atoms with Crippen molar-refractivity contribution in [3.8, 4) is 0 Å². The van der Waals surface area contributed by atoms with E-state index in [0.29, 0.717) is 19.5 Å². The lowest BCUT2D eigenvalue weighted by Crippen LogP contribution is -2.46. The van der Waals surface area contributed by atoms with E-state index in [2.05, 4.69) is 10.6 Å². The Morgan fingerprint density at radius 1 is 1.22 bits per heavy atom. The summed E-state index contributed by atoms with van der Waals surface area (Å²) in [5, 5.41) is 6.04. The lowest BCUT2D eigenvalue weighted by atomic mass is 9.96. The summed E-state index contributed by atoms with van der Waals surface area (Å²) in [6.45, 7) is 2.89. The molecule has 1 aromatic carbocycles. The third kappa shape index (κ3) is 5.67. The number of benzene rings is 1. The molecule has 2 amide bonds. The zero-order valence-corrected chi connectivity index (χ0v) is 13.9. The van der Waals surface area contributed by atoms with E-state index in [9.17, 15) is 9.59 Å². The summed E-state index contributed by atoms with van der Waals surface area (Å²) in [6, 6.07) is 9.77. The van der Waals surface area contributed by atoms with Crippen LogP contribution in [0.4, 0.5) is 0 Å². The standard InChI is InChI=1S/C18H27N3O2/c1-19-10-6-11-20-18(23)16-9-5-12-21(14-16)17(22)13-15-7-3-2-4-8-15/h2-4,7-8,16,19H,5-6,9-14H2,1H3,(H,20,23). The highest BCUT2D eigenvalue weighted by molar-refractivity contribution is 5.82. The predicted molar refractivity (Wildman–Crippen MR) is 91.0 cm³/mol. The van der Waals surface area contributed by atoms with Gasteiger partial charge in [-0.25, -0.2) is 0 Å². The number of hydrogen-bond donors (Lipinski definition) is 2. The molecule has 0 bridgehead atoms. The molecule has 2 N–H and O–H groups in total. The van der Waals surface area contributed by atoms with Crippen LogP contribution in [0.1, 0.15) is 24.8 Å². The topological polar surface area (TPSA) is 61.4 Å². The van der Waals surface area contributed by atoms with Gasteiger partial charge < -0.3 is 15.5 Å². The first kappa shape index (κ1) is 17.5. The molecular weight excluding hydrogens is 290 g/mol. The van der Waals surface area contributed by atoms with Crippen LogP contribution in [0.25, 0.3) is 0 Å². The number of rotatable bonds is 7. The Labute approximate surface area is 138 Å². The second kappa shape index (κ2) is 9.30. The van der Waals surface area contributed by atoms with Gasteiger partial charge in [0.05, 0.1) is 12.3 Å². The molecule has 1 aromatic rings. The molecule has 23 heavy (non-hydrogen) atoms. The molecular formula is C18H27N3O2. The van der Waals surface area contributed by atoms with E-state index >= 15 is 0 Å². The van der Waals surface area contributed by atoms with Crippen molar-refractivity contribution >= 4 is 11.8 Å². The van der Waals surface area contributed by atoms with Crippen LogP contribution in [-0.2, 0) is 16.0 Å². The zero-order chi connectivity index (χ0) is 16.5. The summed E-state index contributed by atoms with van der Waals surface area (Å²) < 4.78 is 0. The van der Waals surface area contributed by atoms with E-state index in [1.807, 2.05) is 42.3 Å². The Morgan fingerprint density at radius 3 is 2.74 bits per heavy atom. The van der Waals surface area contributed by atoms with Gasteiger partial charge in [0, 0.05) is 19.6 Å². The lowest BCUT2D eigenvalue weighted by molar-refractivity contribution is -0.135. The van der Waals surface area contributed by atoms with Crippen LogP contribution in [0.5, 0.6) is 0 Å². The van der Waals surface area contributed by atoms with Crippen LogP contribution >= 0.6 is 0 Å². The first-order valence-corrected chi connectivity index (χ1v) is 8.44. The summed E-state index contributed by atoms with van der Waals surface area (Å²) in [5.41, 5.74) is 1.02. The Morgan fingerprint density at radius 2 is 2.00 bits per heavy atom. The number of nitrogens with one attached hydrogen (secondary N) is 2. The van der Waals surface area contributed by atoms with Crippen LogP contribution in [0.2, 0.25) is 0 Å². The number of likely N-dealkylation sites (tertiary alicyclic amines) is 1. The number of hydrogen-bond acceptors (Lipinski definition) is 3. The molecule has 1 saturated heterocycles. The molecule has 1 fully saturated rings. The number of piperidine rings is 1. The van der Waals surface area contributed by atoms with Crippen molar-refractivity contribution in [2.24, 2.45) is 5.92 Å². The molecule has 5 nitrogen and oxygen atoms in total. The molecule has 126 valence electrons. The van der Waals surface area contributed by atoms with Gasteiger partial charge in [-0.05, 0) is 38.4 Å². The summed E-state index contributed by atoms with van der Waals surface area (Å²) in [6.07, 6.45) is 3.10. The van der Waals surface area contributed by atoms with Gasteiger partial charge in [0.15, 0.2) is 0 Å². The van der Waals surface area contributed by atoms with Crippen molar-refractivity contribution in [2.45, 2.75) is 25.7 Å². The van der Waals surface area contributed by atoms with E-state index < -0.39 is 0 Å². The maximum Gasteiger partial charge on any atom is 0.227 e. The molecule has 1 atom stereocenters. The molecule has 1 heterocycles. The van der Waals surface area contributed by atoms with E-state index in [0.717, 1.165) is 37.9 Å². The van der Waals surface area contributed by atoms with Crippen molar-refractivity contribution in [1.29, 1.82) is 0 Å². The lowest BCUT2D eigenvalue weighted by Gasteiger charge is -2.32. The summed E-state index contributed by atoms with van der Waals surface area (Å²) >= 11 is 0. The summed E-state index contributed by atoms with van der Waals surface area (Å²) in [4.78, 5) is 26.5. The second-order valence-corrected chi connectivity index (χ2v) is 6.09. The Bertz CT molecular complexity index is 504. The molecule has 0 aromatic heterocycles. The van der Waals surface area contributed by atoms with Crippen molar-refractivity contribution in [3.63, 3.8) is 0 Å². The van der Waals surface area contributed by atoms with Crippen LogP contribution in [0, 0.1) is 5.92 Å².